The highest BCUT2D eigenvalue weighted by Gasteiger charge is 2.13. The quantitative estimate of drug-likeness (QED) is 0.762. The van der Waals surface area contributed by atoms with Gasteiger partial charge in [0.05, 0.1) is 12.6 Å². The third-order valence-electron chi connectivity index (χ3n) is 3.18. The van der Waals surface area contributed by atoms with Gasteiger partial charge in [-0.25, -0.2) is 9.18 Å². The van der Waals surface area contributed by atoms with Crippen molar-refractivity contribution in [1.82, 2.24) is 25.4 Å². The maximum Gasteiger partial charge on any atom is 0.315 e. The number of carbonyl (C=O) groups excluding carboxylic acids is 1. The Hall–Kier alpha value is -2.64. The molecule has 1 aromatic heterocycles. The molecular formula is C15H20FN5O2. The molecule has 0 spiro atoms. The Kier molecular flexibility index (Phi) is 5.90. The van der Waals surface area contributed by atoms with Crippen LogP contribution in [0.15, 0.2) is 30.6 Å². The number of urea groups is 1. The van der Waals surface area contributed by atoms with Gasteiger partial charge in [0.25, 0.3) is 0 Å². The van der Waals surface area contributed by atoms with Gasteiger partial charge in [0.15, 0.2) is 17.4 Å². The zero-order valence-electron chi connectivity index (χ0n) is 13.1. The summed E-state index contributed by atoms with van der Waals surface area (Å²) in [6.07, 6.45) is 2.14. The average Bonchev–Trinajstić information content (AvgIpc) is 2.95. The SMILES string of the molecule is CC(NC(=O)NCCCOc1ccccc1F)c1nncn1C. The number of carbonyl (C=O) groups is 1. The minimum atomic E-state index is -0.393. The van der Waals surface area contributed by atoms with Crippen molar-refractivity contribution in [1.29, 1.82) is 0 Å². The highest BCUT2D eigenvalue weighted by Crippen LogP contribution is 2.15. The number of aromatic nitrogens is 3. The summed E-state index contributed by atoms with van der Waals surface area (Å²) in [5.41, 5.74) is 0. The zero-order valence-corrected chi connectivity index (χ0v) is 13.1. The van der Waals surface area contributed by atoms with Crippen molar-refractivity contribution in [2.45, 2.75) is 19.4 Å². The monoisotopic (exact) mass is 321 g/mol. The molecule has 2 rings (SSSR count). The van der Waals surface area contributed by atoms with E-state index >= 15 is 0 Å². The fourth-order valence-electron chi connectivity index (χ4n) is 2.01. The molecule has 0 saturated carbocycles. The fraction of sp³-hybridized carbons (Fsp3) is 0.400. The number of ether oxygens (including phenoxy) is 1. The summed E-state index contributed by atoms with van der Waals surface area (Å²) in [6, 6.07) is 5.67. The molecule has 1 aromatic carbocycles. The van der Waals surface area contributed by atoms with Gasteiger partial charge >= 0.3 is 6.03 Å². The Morgan fingerprint density at radius 1 is 1.43 bits per heavy atom. The van der Waals surface area contributed by atoms with E-state index in [9.17, 15) is 9.18 Å². The van der Waals surface area contributed by atoms with Crippen LogP contribution in [0.25, 0.3) is 0 Å². The van der Waals surface area contributed by atoms with Crippen LogP contribution in [0.5, 0.6) is 5.75 Å². The van der Waals surface area contributed by atoms with Gasteiger partial charge < -0.3 is 19.9 Å². The van der Waals surface area contributed by atoms with E-state index in [1.165, 1.54) is 6.07 Å². The molecule has 2 amide bonds. The van der Waals surface area contributed by atoms with E-state index < -0.39 is 5.82 Å². The molecule has 23 heavy (non-hydrogen) atoms. The second kappa shape index (κ2) is 8.11. The molecule has 124 valence electrons. The van der Waals surface area contributed by atoms with Crippen LogP contribution in [0.2, 0.25) is 0 Å². The highest BCUT2D eigenvalue weighted by atomic mass is 19.1. The lowest BCUT2D eigenvalue weighted by atomic mass is 10.3. The lowest BCUT2D eigenvalue weighted by molar-refractivity contribution is 0.235. The molecule has 1 atom stereocenters. The number of amides is 2. The zero-order chi connectivity index (χ0) is 16.7. The Labute approximate surface area is 133 Å². The van der Waals surface area contributed by atoms with Crippen LogP contribution in [0, 0.1) is 5.82 Å². The van der Waals surface area contributed by atoms with Crippen LogP contribution < -0.4 is 15.4 Å². The van der Waals surface area contributed by atoms with E-state index in [4.69, 9.17) is 4.74 Å². The Bertz CT molecular complexity index is 646. The van der Waals surface area contributed by atoms with Crippen LogP contribution in [-0.2, 0) is 7.05 Å². The van der Waals surface area contributed by atoms with Gasteiger partial charge in [-0.2, -0.15) is 0 Å². The molecule has 2 aromatic rings. The van der Waals surface area contributed by atoms with E-state index in [-0.39, 0.29) is 17.8 Å². The number of nitrogens with zero attached hydrogens (tertiary/aromatic N) is 3. The van der Waals surface area contributed by atoms with Gasteiger partial charge in [0.2, 0.25) is 0 Å². The molecule has 8 heteroatoms. The van der Waals surface area contributed by atoms with Crippen molar-refractivity contribution in [2.75, 3.05) is 13.2 Å². The van der Waals surface area contributed by atoms with Crippen molar-refractivity contribution < 1.29 is 13.9 Å². The second-order valence-electron chi connectivity index (χ2n) is 5.05. The molecule has 0 bridgehead atoms. The predicted molar refractivity (Wildman–Crippen MR) is 82.5 cm³/mol. The van der Waals surface area contributed by atoms with Gasteiger partial charge in [-0.1, -0.05) is 12.1 Å². The van der Waals surface area contributed by atoms with Crippen LogP contribution in [0.4, 0.5) is 9.18 Å². The van der Waals surface area contributed by atoms with Gasteiger partial charge in [-0.15, -0.1) is 10.2 Å². The molecule has 2 N–H and O–H groups in total. The van der Waals surface area contributed by atoms with E-state index in [2.05, 4.69) is 20.8 Å². The number of aryl methyl sites for hydroxylation is 1. The van der Waals surface area contributed by atoms with E-state index in [0.717, 1.165) is 0 Å². The predicted octanol–water partition coefficient (Wildman–Crippen LogP) is 1.78. The maximum atomic E-state index is 13.3. The molecule has 0 saturated heterocycles. The minimum Gasteiger partial charge on any atom is -0.490 e. The Balaban J connectivity index is 1.63. The molecule has 0 fully saturated rings. The van der Waals surface area contributed by atoms with E-state index in [0.29, 0.717) is 25.4 Å². The number of halogens is 1. The van der Waals surface area contributed by atoms with Gasteiger partial charge in [0.1, 0.15) is 6.33 Å². The number of hydrogen-bond acceptors (Lipinski definition) is 4. The second-order valence-corrected chi connectivity index (χ2v) is 5.05. The Morgan fingerprint density at radius 3 is 2.91 bits per heavy atom. The first-order valence-corrected chi connectivity index (χ1v) is 7.33. The average molecular weight is 321 g/mol. The molecule has 0 aliphatic rings. The van der Waals surface area contributed by atoms with Crippen molar-refractivity contribution in [3.8, 4) is 5.75 Å². The standard InChI is InChI=1S/C15H20FN5O2/c1-11(14-20-18-10-21(14)2)19-15(22)17-8-5-9-23-13-7-4-3-6-12(13)16/h3-4,6-7,10-11H,5,8-9H2,1-2H3,(H2,17,19,22). The number of nitrogens with one attached hydrogen (secondary N) is 2. The summed E-state index contributed by atoms with van der Waals surface area (Å²) in [6.45, 7) is 2.57. The van der Waals surface area contributed by atoms with Crippen LogP contribution in [-0.4, -0.2) is 33.9 Å². The van der Waals surface area contributed by atoms with Crippen LogP contribution in [0.1, 0.15) is 25.2 Å². The number of rotatable bonds is 7. The van der Waals surface area contributed by atoms with Gasteiger partial charge in [-0.05, 0) is 25.5 Å². The smallest absolute Gasteiger partial charge is 0.315 e. The lowest BCUT2D eigenvalue weighted by Gasteiger charge is -2.14. The molecule has 0 aliphatic carbocycles. The molecule has 7 nitrogen and oxygen atoms in total. The first-order valence-electron chi connectivity index (χ1n) is 7.33. The third kappa shape index (κ3) is 4.94. The molecule has 0 radical (unpaired) electrons. The Morgan fingerprint density at radius 2 is 2.22 bits per heavy atom. The topological polar surface area (TPSA) is 81.1 Å². The van der Waals surface area contributed by atoms with Crippen molar-refractivity contribution >= 4 is 6.03 Å². The fourth-order valence-corrected chi connectivity index (χ4v) is 2.01. The summed E-state index contributed by atoms with van der Waals surface area (Å²) in [4.78, 5) is 11.8. The lowest BCUT2D eigenvalue weighted by Crippen LogP contribution is -2.38. The molecule has 0 aliphatic heterocycles. The first kappa shape index (κ1) is 16.7. The van der Waals surface area contributed by atoms with Crippen molar-refractivity contribution in [2.24, 2.45) is 7.05 Å². The first-order chi connectivity index (χ1) is 11.1. The number of benzene rings is 1. The molecule has 1 heterocycles. The van der Waals surface area contributed by atoms with Gasteiger partial charge in [-0.3, -0.25) is 0 Å². The van der Waals surface area contributed by atoms with Gasteiger partial charge in [0, 0.05) is 13.6 Å². The summed E-state index contributed by atoms with van der Waals surface area (Å²) < 4.78 is 20.4. The van der Waals surface area contributed by atoms with E-state index in [1.54, 1.807) is 29.1 Å². The van der Waals surface area contributed by atoms with Crippen LogP contribution in [0.3, 0.4) is 0 Å². The summed E-state index contributed by atoms with van der Waals surface area (Å²) in [5, 5.41) is 13.2. The number of hydrogen-bond donors (Lipinski definition) is 2. The van der Waals surface area contributed by atoms with Crippen molar-refractivity contribution in [3.63, 3.8) is 0 Å². The highest BCUT2D eigenvalue weighted by molar-refractivity contribution is 5.74. The van der Waals surface area contributed by atoms with Crippen LogP contribution >= 0.6 is 0 Å². The summed E-state index contributed by atoms with van der Waals surface area (Å²) >= 11 is 0. The number of para-hydroxylation sites is 1. The van der Waals surface area contributed by atoms with Crippen molar-refractivity contribution in [3.05, 3.63) is 42.2 Å². The summed E-state index contributed by atoms with van der Waals surface area (Å²) in [5.74, 6) is 0.492. The third-order valence-corrected chi connectivity index (χ3v) is 3.18. The maximum absolute atomic E-state index is 13.3. The normalized spacial score (nSPS) is 11.8. The summed E-state index contributed by atoms with van der Waals surface area (Å²) in [7, 11) is 1.81. The van der Waals surface area contributed by atoms with E-state index in [1.807, 2.05) is 14.0 Å². The largest absolute Gasteiger partial charge is 0.490 e. The minimum absolute atomic E-state index is 0.216. The molecule has 1 unspecified atom stereocenters. The molecular weight excluding hydrogens is 301 g/mol.